The van der Waals surface area contributed by atoms with Crippen molar-refractivity contribution >= 4 is 5.97 Å². The van der Waals surface area contributed by atoms with Gasteiger partial charge in [-0.1, -0.05) is 17.3 Å². The van der Waals surface area contributed by atoms with Crippen LogP contribution in [0.2, 0.25) is 0 Å². The van der Waals surface area contributed by atoms with E-state index in [2.05, 4.69) is 5.16 Å². The molecule has 1 aromatic heterocycles. The topological polar surface area (TPSA) is 72.6 Å². The molecule has 0 saturated heterocycles. The van der Waals surface area contributed by atoms with Crippen LogP contribution in [0.3, 0.4) is 0 Å². The summed E-state index contributed by atoms with van der Waals surface area (Å²) in [5.74, 6) is -0.309. The van der Waals surface area contributed by atoms with Crippen LogP contribution in [0.5, 0.6) is 0 Å². The van der Waals surface area contributed by atoms with E-state index >= 15 is 0 Å². The van der Waals surface area contributed by atoms with Crippen LogP contribution < -0.4 is 0 Å². The molecule has 3 aromatic rings. The largest absolute Gasteiger partial charge is 0.455 e. The number of benzene rings is 2. The lowest BCUT2D eigenvalue weighted by Crippen LogP contribution is -2.06. The minimum absolute atomic E-state index is 0.0306. The van der Waals surface area contributed by atoms with Crippen molar-refractivity contribution in [3.8, 4) is 11.3 Å². The van der Waals surface area contributed by atoms with Gasteiger partial charge in [-0.2, -0.15) is 0 Å². The highest BCUT2D eigenvalue weighted by Crippen LogP contribution is 2.26. The van der Waals surface area contributed by atoms with Crippen molar-refractivity contribution in [2.75, 3.05) is 0 Å². The maximum absolute atomic E-state index is 13.0. The lowest BCUT2D eigenvalue weighted by Gasteiger charge is -2.04. The molecule has 0 saturated carbocycles. The zero-order valence-corrected chi connectivity index (χ0v) is 13.5. The van der Waals surface area contributed by atoms with E-state index in [0.29, 0.717) is 28.1 Å². The summed E-state index contributed by atoms with van der Waals surface area (Å²) in [7, 11) is 0. The van der Waals surface area contributed by atoms with Gasteiger partial charge in [0.1, 0.15) is 18.1 Å². The Morgan fingerprint density at radius 3 is 2.48 bits per heavy atom. The molecule has 25 heavy (non-hydrogen) atoms. The van der Waals surface area contributed by atoms with Crippen molar-refractivity contribution in [3.05, 3.63) is 76.7 Å². The third kappa shape index (κ3) is 3.75. The molecule has 3 rings (SSSR count). The third-order valence-corrected chi connectivity index (χ3v) is 3.84. The smallest absolute Gasteiger partial charge is 0.338 e. The van der Waals surface area contributed by atoms with Gasteiger partial charge in [0, 0.05) is 11.1 Å². The van der Waals surface area contributed by atoms with Gasteiger partial charge >= 0.3 is 5.97 Å². The standard InChI is InChI=1S/C19H16FNO4/c1-12-17(21-25-18(12)14-6-8-16(20)9-7-14)11-24-19(23)15-4-2-13(10-22)3-5-15/h2-9,22H,10-11H2,1H3. The normalized spacial score (nSPS) is 10.7. The van der Waals surface area contributed by atoms with Crippen molar-refractivity contribution in [2.24, 2.45) is 0 Å². The first-order chi connectivity index (χ1) is 12.1. The Balaban J connectivity index is 1.69. The predicted octanol–water partition coefficient (Wildman–Crippen LogP) is 3.64. The summed E-state index contributed by atoms with van der Waals surface area (Å²) in [6.45, 7) is 1.69. The summed E-state index contributed by atoms with van der Waals surface area (Å²) in [6, 6.07) is 12.4. The number of rotatable bonds is 5. The molecule has 0 bridgehead atoms. The van der Waals surface area contributed by atoms with Gasteiger partial charge in [0.2, 0.25) is 0 Å². The number of ether oxygens (including phenoxy) is 1. The number of hydrogen-bond donors (Lipinski definition) is 1. The molecule has 128 valence electrons. The van der Waals surface area contributed by atoms with Crippen LogP contribution in [0, 0.1) is 12.7 Å². The van der Waals surface area contributed by atoms with Crippen molar-refractivity contribution in [1.82, 2.24) is 5.16 Å². The molecule has 0 aliphatic heterocycles. The SMILES string of the molecule is Cc1c(COC(=O)c2ccc(CO)cc2)noc1-c1ccc(F)cc1. The van der Waals surface area contributed by atoms with Gasteiger partial charge < -0.3 is 14.4 Å². The maximum atomic E-state index is 13.0. The average molecular weight is 341 g/mol. The van der Waals surface area contributed by atoms with Crippen LogP contribution in [0.1, 0.15) is 27.2 Å². The Bertz CT molecular complexity index is 869. The molecule has 2 aromatic carbocycles. The fourth-order valence-corrected chi connectivity index (χ4v) is 2.34. The Morgan fingerprint density at radius 2 is 1.84 bits per heavy atom. The van der Waals surface area contributed by atoms with E-state index in [-0.39, 0.29) is 19.0 Å². The quantitative estimate of drug-likeness (QED) is 0.717. The minimum Gasteiger partial charge on any atom is -0.455 e. The summed E-state index contributed by atoms with van der Waals surface area (Å²) in [5, 5.41) is 12.9. The number of aromatic nitrogens is 1. The third-order valence-electron chi connectivity index (χ3n) is 3.84. The monoisotopic (exact) mass is 341 g/mol. The Morgan fingerprint density at radius 1 is 1.16 bits per heavy atom. The van der Waals surface area contributed by atoms with Crippen molar-refractivity contribution in [1.29, 1.82) is 0 Å². The highest BCUT2D eigenvalue weighted by atomic mass is 19.1. The van der Waals surface area contributed by atoms with Crippen LogP contribution in [0.15, 0.2) is 53.1 Å². The number of carbonyl (C=O) groups is 1. The Hall–Kier alpha value is -2.99. The van der Waals surface area contributed by atoms with Gasteiger partial charge in [0.05, 0.1) is 12.2 Å². The molecule has 6 heteroatoms. The van der Waals surface area contributed by atoms with Crippen molar-refractivity contribution in [3.63, 3.8) is 0 Å². The first-order valence-corrected chi connectivity index (χ1v) is 7.66. The molecule has 1 heterocycles. The van der Waals surface area contributed by atoms with Crippen LogP contribution in [-0.2, 0) is 18.0 Å². The predicted molar refractivity (Wildman–Crippen MR) is 88.1 cm³/mol. The molecule has 0 amide bonds. The molecule has 0 radical (unpaired) electrons. The maximum Gasteiger partial charge on any atom is 0.338 e. The van der Waals surface area contributed by atoms with Crippen molar-refractivity contribution < 1.29 is 23.6 Å². The van der Waals surface area contributed by atoms with Gasteiger partial charge in [0.25, 0.3) is 0 Å². The first kappa shape index (κ1) is 16.9. The molecule has 0 spiro atoms. The second kappa shape index (κ2) is 7.27. The number of esters is 1. The van der Waals surface area contributed by atoms with Gasteiger partial charge in [-0.05, 0) is 48.9 Å². The van der Waals surface area contributed by atoms with Gasteiger partial charge in [-0.25, -0.2) is 9.18 Å². The van der Waals surface area contributed by atoms with Crippen molar-refractivity contribution in [2.45, 2.75) is 20.1 Å². The average Bonchev–Trinajstić information content (AvgIpc) is 3.01. The second-order valence-electron chi connectivity index (χ2n) is 5.52. The van der Waals surface area contributed by atoms with E-state index in [1.54, 1.807) is 43.3 Å². The van der Waals surface area contributed by atoms with Crippen LogP contribution >= 0.6 is 0 Å². The summed E-state index contributed by atoms with van der Waals surface area (Å²) in [6.07, 6.45) is 0. The lowest BCUT2D eigenvalue weighted by atomic mass is 10.1. The summed E-state index contributed by atoms with van der Waals surface area (Å²) in [4.78, 5) is 12.1. The highest BCUT2D eigenvalue weighted by Gasteiger charge is 2.16. The van der Waals surface area contributed by atoms with Gasteiger partial charge in [-0.15, -0.1) is 0 Å². The van der Waals surface area contributed by atoms with E-state index in [1.807, 2.05) is 0 Å². The zero-order chi connectivity index (χ0) is 17.8. The molecule has 0 fully saturated rings. The van der Waals surface area contributed by atoms with E-state index in [4.69, 9.17) is 14.4 Å². The fraction of sp³-hybridized carbons (Fsp3) is 0.158. The molecule has 0 atom stereocenters. The molecule has 0 unspecified atom stereocenters. The van der Waals surface area contributed by atoms with E-state index in [1.165, 1.54) is 12.1 Å². The van der Waals surface area contributed by atoms with Crippen LogP contribution in [0.25, 0.3) is 11.3 Å². The van der Waals surface area contributed by atoms with Gasteiger partial charge in [0.15, 0.2) is 5.76 Å². The number of nitrogens with zero attached hydrogens (tertiary/aromatic N) is 1. The molecule has 1 N–H and O–H groups in total. The Labute approximate surface area is 143 Å². The fourth-order valence-electron chi connectivity index (χ4n) is 2.34. The van der Waals surface area contributed by atoms with Gasteiger partial charge in [-0.3, -0.25) is 0 Å². The molecular formula is C19H16FNO4. The summed E-state index contributed by atoms with van der Waals surface area (Å²) < 4.78 is 23.6. The highest BCUT2D eigenvalue weighted by molar-refractivity contribution is 5.89. The summed E-state index contributed by atoms with van der Waals surface area (Å²) in [5.41, 5.74) is 3.03. The number of hydrogen-bond acceptors (Lipinski definition) is 5. The van der Waals surface area contributed by atoms with Crippen LogP contribution in [-0.4, -0.2) is 16.2 Å². The summed E-state index contributed by atoms with van der Waals surface area (Å²) >= 11 is 0. The van der Waals surface area contributed by atoms with E-state index < -0.39 is 5.97 Å². The minimum atomic E-state index is -0.491. The van der Waals surface area contributed by atoms with Crippen LogP contribution in [0.4, 0.5) is 4.39 Å². The van der Waals surface area contributed by atoms with E-state index in [9.17, 15) is 9.18 Å². The molecule has 0 aliphatic rings. The number of halogens is 1. The Kier molecular flexibility index (Phi) is 4.90. The molecule has 5 nitrogen and oxygen atoms in total. The zero-order valence-electron chi connectivity index (χ0n) is 13.5. The number of aliphatic hydroxyl groups excluding tert-OH is 1. The lowest BCUT2D eigenvalue weighted by molar-refractivity contribution is 0.0463. The first-order valence-electron chi connectivity index (χ1n) is 7.66. The molecular weight excluding hydrogens is 325 g/mol. The number of aliphatic hydroxyl groups is 1. The van der Waals surface area contributed by atoms with E-state index in [0.717, 1.165) is 5.56 Å². The number of carbonyl (C=O) groups excluding carboxylic acids is 1. The second-order valence-corrected chi connectivity index (χ2v) is 5.52. The molecule has 0 aliphatic carbocycles.